The van der Waals surface area contributed by atoms with E-state index in [0.717, 1.165) is 5.69 Å². The lowest BCUT2D eigenvalue weighted by atomic mass is 10.3. The summed E-state index contributed by atoms with van der Waals surface area (Å²) in [5, 5.41) is 9.42. The zero-order valence-corrected chi connectivity index (χ0v) is 11.3. The Balaban J connectivity index is 1.68. The van der Waals surface area contributed by atoms with E-state index in [0.29, 0.717) is 36.7 Å². The molecule has 1 heterocycles. The average Bonchev–Trinajstić information content (AvgIpc) is 2.82. The van der Waals surface area contributed by atoms with Gasteiger partial charge < -0.3 is 15.8 Å². The van der Waals surface area contributed by atoms with Gasteiger partial charge in [0.2, 0.25) is 5.91 Å². The molecule has 0 aliphatic heterocycles. The van der Waals surface area contributed by atoms with Crippen LogP contribution < -0.4 is 15.8 Å². The molecule has 6 heteroatoms. The second-order valence-electron chi connectivity index (χ2n) is 4.47. The van der Waals surface area contributed by atoms with Crippen molar-refractivity contribution in [3.8, 4) is 5.75 Å². The summed E-state index contributed by atoms with van der Waals surface area (Å²) in [4.78, 5) is 11.7. The molecule has 0 saturated heterocycles. The lowest BCUT2D eigenvalue weighted by Gasteiger charge is -2.08. The highest BCUT2D eigenvalue weighted by atomic mass is 16.5. The van der Waals surface area contributed by atoms with E-state index < -0.39 is 0 Å². The molecule has 20 heavy (non-hydrogen) atoms. The average molecular weight is 274 g/mol. The number of para-hydroxylation sites is 2. The van der Waals surface area contributed by atoms with E-state index in [9.17, 15) is 4.79 Å². The first kappa shape index (κ1) is 13.9. The molecular weight excluding hydrogens is 256 g/mol. The molecule has 0 spiro atoms. The van der Waals surface area contributed by atoms with Crippen LogP contribution in [0.2, 0.25) is 0 Å². The molecule has 2 rings (SSSR count). The Morgan fingerprint density at radius 3 is 2.95 bits per heavy atom. The van der Waals surface area contributed by atoms with Gasteiger partial charge >= 0.3 is 0 Å². The van der Waals surface area contributed by atoms with Gasteiger partial charge in [-0.15, -0.1) is 0 Å². The first-order chi connectivity index (χ1) is 9.65. The number of aromatic amines is 1. The largest absolute Gasteiger partial charge is 0.491 e. The molecule has 6 nitrogen and oxygen atoms in total. The molecule has 0 fully saturated rings. The first-order valence-electron chi connectivity index (χ1n) is 6.44. The minimum atomic E-state index is -0.0823. The second-order valence-corrected chi connectivity index (χ2v) is 4.47. The molecule has 0 aliphatic carbocycles. The number of hydrogen-bond donors (Lipinski definition) is 3. The van der Waals surface area contributed by atoms with Crippen LogP contribution in [-0.2, 0) is 4.79 Å². The van der Waals surface area contributed by atoms with Gasteiger partial charge in [-0.1, -0.05) is 12.1 Å². The molecule has 0 saturated carbocycles. The summed E-state index contributed by atoms with van der Waals surface area (Å²) in [7, 11) is 0. The monoisotopic (exact) mass is 274 g/mol. The Morgan fingerprint density at radius 2 is 2.25 bits per heavy atom. The van der Waals surface area contributed by atoms with Gasteiger partial charge in [-0.25, -0.2) is 0 Å². The molecule has 0 unspecified atom stereocenters. The predicted octanol–water partition coefficient (Wildman–Crippen LogP) is 2.10. The number of aryl methyl sites for hydroxylation is 1. The number of nitrogens with one attached hydrogen (secondary N) is 2. The third-order valence-electron chi connectivity index (χ3n) is 2.70. The van der Waals surface area contributed by atoms with Crippen molar-refractivity contribution in [3.05, 3.63) is 36.0 Å². The van der Waals surface area contributed by atoms with Gasteiger partial charge in [0.25, 0.3) is 0 Å². The second kappa shape index (κ2) is 6.60. The maximum atomic E-state index is 11.7. The Labute approximate surface area is 117 Å². The molecule has 1 aromatic carbocycles. The molecule has 0 atom stereocenters. The minimum Gasteiger partial charge on any atom is -0.491 e. The first-order valence-corrected chi connectivity index (χ1v) is 6.44. The number of aromatic nitrogens is 2. The summed E-state index contributed by atoms with van der Waals surface area (Å²) in [6, 6.07) is 9.07. The normalized spacial score (nSPS) is 10.2. The van der Waals surface area contributed by atoms with Gasteiger partial charge in [0, 0.05) is 18.2 Å². The topological polar surface area (TPSA) is 93.0 Å². The highest BCUT2D eigenvalue weighted by Gasteiger charge is 2.05. The maximum Gasteiger partial charge on any atom is 0.225 e. The van der Waals surface area contributed by atoms with Gasteiger partial charge in [-0.2, -0.15) is 5.10 Å². The van der Waals surface area contributed by atoms with Gasteiger partial charge in [-0.3, -0.25) is 9.89 Å². The molecule has 1 amide bonds. The third-order valence-corrected chi connectivity index (χ3v) is 2.70. The Morgan fingerprint density at radius 1 is 1.45 bits per heavy atom. The molecular formula is C14H18N4O2. The molecule has 106 valence electrons. The lowest BCUT2D eigenvalue weighted by molar-refractivity contribution is -0.116. The Bertz CT molecular complexity index is 580. The summed E-state index contributed by atoms with van der Waals surface area (Å²) >= 11 is 0. The fraction of sp³-hybridized carbons (Fsp3) is 0.286. The van der Waals surface area contributed by atoms with E-state index in [1.807, 2.05) is 25.1 Å². The van der Waals surface area contributed by atoms with E-state index in [-0.39, 0.29) is 5.91 Å². The van der Waals surface area contributed by atoms with Crippen LogP contribution in [0.3, 0.4) is 0 Å². The van der Waals surface area contributed by atoms with Gasteiger partial charge in [0.15, 0.2) is 5.82 Å². The Hall–Kier alpha value is -2.50. The standard InChI is InChI=1S/C14H18N4O2/c1-10-9-13(18-17-10)16-14(19)7-4-8-20-12-6-3-2-5-11(12)15/h2-3,5-6,9H,4,7-8,15H2,1H3,(H2,16,17,18,19). The van der Waals surface area contributed by atoms with Crippen molar-refractivity contribution in [2.45, 2.75) is 19.8 Å². The van der Waals surface area contributed by atoms with Crippen molar-refractivity contribution in [1.29, 1.82) is 0 Å². The summed E-state index contributed by atoms with van der Waals surface area (Å²) in [6.07, 6.45) is 0.988. The van der Waals surface area contributed by atoms with Gasteiger partial charge in [-0.05, 0) is 25.5 Å². The zero-order chi connectivity index (χ0) is 14.4. The van der Waals surface area contributed by atoms with E-state index in [1.165, 1.54) is 0 Å². The van der Waals surface area contributed by atoms with Crippen molar-refractivity contribution in [2.75, 3.05) is 17.7 Å². The fourth-order valence-corrected chi connectivity index (χ4v) is 1.71. The van der Waals surface area contributed by atoms with Crippen molar-refractivity contribution in [2.24, 2.45) is 0 Å². The number of ether oxygens (including phenoxy) is 1. The molecule has 0 aliphatic rings. The van der Waals surface area contributed by atoms with Crippen LogP contribution in [0, 0.1) is 6.92 Å². The number of nitrogen functional groups attached to an aromatic ring is 1. The van der Waals surface area contributed by atoms with E-state index in [4.69, 9.17) is 10.5 Å². The smallest absolute Gasteiger partial charge is 0.225 e. The molecule has 1 aromatic heterocycles. The van der Waals surface area contributed by atoms with Crippen LogP contribution in [0.1, 0.15) is 18.5 Å². The number of H-pyrrole nitrogens is 1. The quantitative estimate of drug-likeness (QED) is 0.555. The van der Waals surface area contributed by atoms with E-state index in [1.54, 1.807) is 12.1 Å². The fourth-order valence-electron chi connectivity index (χ4n) is 1.71. The van der Waals surface area contributed by atoms with Crippen LogP contribution in [0.15, 0.2) is 30.3 Å². The summed E-state index contributed by atoms with van der Waals surface area (Å²) in [5.41, 5.74) is 7.26. The SMILES string of the molecule is Cc1cc(NC(=O)CCCOc2ccccc2N)n[nH]1. The summed E-state index contributed by atoms with van der Waals surface area (Å²) in [6.45, 7) is 2.32. The van der Waals surface area contributed by atoms with Crippen LogP contribution in [0.5, 0.6) is 5.75 Å². The van der Waals surface area contributed by atoms with Crippen LogP contribution >= 0.6 is 0 Å². The number of amides is 1. The Kier molecular flexibility index (Phi) is 4.60. The lowest BCUT2D eigenvalue weighted by Crippen LogP contribution is -2.13. The number of carbonyl (C=O) groups excluding carboxylic acids is 1. The van der Waals surface area contributed by atoms with Gasteiger partial charge in [0.1, 0.15) is 5.75 Å². The van der Waals surface area contributed by atoms with Crippen molar-refractivity contribution < 1.29 is 9.53 Å². The molecule has 2 aromatic rings. The summed E-state index contributed by atoms with van der Waals surface area (Å²) in [5.74, 6) is 1.11. The number of hydrogen-bond acceptors (Lipinski definition) is 4. The zero-order valence-electron chi connectivity index (χ0n) is 11.3. The summed E-state index contributed by atoms with van der Waals surface area (Å²) < 4.78 is 5.51. The number of benzene rings is 1. The highest BCUT2D eigenvalue weighted by Crippen LogP contribution is 2.19. The molecule has 4 N–H and O–H groups in total. The maximum absolute atomic E-state index is 11.7. The third kappa shape index (κ3) is 4.01. The molecule has 0 radical (unpaired) electrons. The molecule has 0 bridgehead atoms. The van der Waals surface area contributed by atoms with E-state index >= 15 is 0 Å². The predicted molar refractivity (Wildman–Crippen MR) is 77.5 cm³/mol. The van der Waals surface area contributed by atoms with Crippen molar-refractivity contribution in [3.63, 3.8) is 0 Å². The van der Waals surface area contributed by atoms with Gasteiger partial charge in [0.05, 0.1) is 12.3 Å². The number of carbonyl (C=O) groups is 1. The number of nitrogens with two attached hydrogens (primary N) is 1. The van der Waals surface area contributed by atoms with Crippen molar-refractivity contribution in [1.82, 2.24) is 10.2 Å². The van der Waals surface area contributed by atoms with Crippen LogP contribution in [0.4, 0.5) is 11.5 Å². The van der Waals surface area contributed by atoms with Crippen LogP contribution in [-0.4, -0.2) is 22.7 Å². The minimum absolute atomic E-state index is 0.0823. The van der Waals surface area contributed by atoms with E-state index in [2.05, 4.69) is 15.5 Å². The number of anilines is 2. The van der Waals surface area contributed by atoms with Crippen molar-refractivity contribution >= 4 is 17.4 Å². The van der Waals surface area contributed by atoms with Crippen LogP contribution in [0.25, 0.3) is 0 Å². The highest BCUT2D eigenvalue weighted by molar-refractivity contribution is 5.89. The number of nitrogens with zero attached hydrogens (tertiary/aromatic N) is 1. The number of rotatable bonds is 6.